The molecule has 0 radical (unpaired) electrons. The maximum absolute atomic E-state index is 6.44. The molecule has 0 aliphatic carbocycles. The van der Waals surface area contributed by atoms with Crippen LogP contribution in [0.15, 0.2) is 36.5 Å². The molecule has 1 unspecified atom stereocenters. The maximum atomic E-state index is 6.44. The topological polar surface area (TPSA) is 26.5 Å². The molecule has 3 aromatic rings. The Morgan fingerprint density at radius 3 is 2.59 bits per heavy atom. The molecular weight excluding hydrogens is 296 g/mol. The Labute approximate surface area is 135 Å². The van der Waals surface area contributed by atoms with E-state index in [9.17, 15) is 0 Å². The molecule has 0 bridgehead atoms. The number of benzene rings is 1. The number of halogens is 1. The number of alkyl halides is 1. The first kappa shape index (κ1) is 14.9. The van der Waals surface area contributed by atoms with Crippen LogP contribution in [0.25, 0.3) is 16.9 Å². The van der Waals surface area contributed by atoms with E-state index < -0.39 is 0 Å². The second kappa shape index (κ2) is 5.65. The van der Waals surface area contributed by atoms with Gasteiger partial charge in [-0.3, -0.25) is 0 Å². The van der Waals surface area contributed by atoms with Crippen LogP contribution in [-0.4, -0.2) is 16.5 Å². The number of rotatable bonds is 3. The van der Waals surface area contributed by atoms with Crippen molar-refractivity contribution in [2.24, 2.45) is 0 Å². The SMILES string of the molecule is COc1ccc(-c2nc3ccc(C)cn3c2C(C)Cl)cc1C. The van der Waals surface area contributed by atoms with Crippen LogP contribution in [0.1, 0.15) is 29.1 Å². The van der Waals surface area contributed by atoms with E-state index in [1.165, 1.54) is 5.56 Å². The standard InChI is InChI=1S/C18H19ClN2O/c1-11-5-8-16-20-17(18(13(3)19)21(16)10-11)14-6-7-15(22-4)12(2)9-14/h5-10,13H,1-4H3. The van der Waals surface area contributed by atoms with E-state index in [1.54, 1.807) is 7.11 Å². The molecule has 0 N–H and O–H groups in total. The number of aryl methyl sites for hydroxylation is 2. The number of ether oxygens (including phenoxy) is 1. The number of aromatic nitrogens is 2. The number of fused-ring (bicyclic) bond motifs is 1. The molecule has 114 valence electrons. The van der Waals surface area contributed by atoms with Crippen LogP contribution in [0, 0.1) is 13.8 Å². The fraction of sp³-hybridized carbons (Fsp3) is 0.278. The smallest absolute Gasteiger partial charge is 0.137 e. The Balaban J connectivity index is 2.26. The summed E-state index contributed by atoms with van der Waals surface area (Å²) in [5.74, 6) is 0.879. The highest BCUT2D eigenvalue weighted by atomic mass is 35.5. The molecular formula is C18H19ClN2O. The van der Waals surface area contributed by atoms with E-state index in [-0.39, 0.29) is 5.38 Å². The van der Waals surface area contributed by atoms with Crippen LogP contribution in [-0.2, 0) is 0 Å². The second-order valence-electron chi connectivity index (χ2n) is 5.58. The normalized spacial score (nSPS) is 12.6. The minimum Gasteiger partial charge on any atom is -0.496 e. The van der Waals surface area contributed by atoms with Crippen LogP contribution in [0.5, 0.6) is 5.75 Å². The average Bonchev–Trinajstić information content (AvgIpc) is 2.85. The average molecular weight is 315 g/mol. The van der Waals surface area contributed by atoms with Crippen LogP contribution in [0.4, 0.5) is 0 Å². The number of hydrogen-bond donors (Lipinski definition) is 0. The quantitative estimate of drug-likeness (QED) is 0.641. The summed E-state index contributed by atoms with van der Waals surface area (Å²) in [6, 6.07) is 10.2. The van der Waals surface area contributed by atoms with E-state index in [0.29, 0.717) is 0 Å². The van der Waals surface area contributed by atoms with Crippen molar-refractivity contribution in [3.05, 3.63) is 53.3 Å². The lowest BCUT2D eigenvalue weighted by atomic mass is 10.1. The molecule has 0 amide bonds. The van der Waals surface area contributed by atoms with Gasteiger partial charge in [0.25, 0.3) is 0 Å². The maximum Gasteiger partial charge on any atom is 0.137 e. The molecule has 0 spiro atoms. The molecule has 22 heavy (non-hydrogen) atoms. The van der Waals surface area contributed by atoms with E-state index in [2.05, 4.69) is 29.7 Å². The molecule has 0 saturated carbocycles. The molecule has 0 fully saturated rings. The molecule has 2 aromatic heterocycles. The minimum absolute atomic E-state index is 0.130. The zero-order chi connectivity index (χ0) is 15.9. The van der Waals surface area contributed by atoms with Crippen molar-refractivity contribution in [2.75, 3.05) is 7.11 Å². The number of hydrogen-bond acceptors (Lipinski definition) is 2. The molecule has 1 atom stereocenters. The third-order valence-corrected chi connectivity index (χ3v) is 4.06. The van der Waals surface area contributed by atoms with Gasteiger partial charge in [0.1, 0.15) is 11.4 Å². The van der Waals surface area contributed by atoms with Gasteiger partial charge in [-0.1, -0.05) is 6.07 Å². The lowest BCUT2D eigenvalue weighted by molar-refractivity contribution is 0.412. The van der Waals surface area contributed by atoms with E-state index in [4.69, 9.17) is 21.3 Å². The van der Waals surface area contributed by atoms with Crippen molar-refractivity contribution in [3.63, 3.8) is 0 Å². The summed E-state index contributed by atoms with van der Waals surface area (Å²) in [4.78, 5) is 4.78. The number of imidazole rings is 1. The van der Waals surface area contributed by atoms with E-state index in [0.717, 1.165) is 33.9 Å². The van der Waals surface area contributed by atoms with Crippen molar-refractivity contribution in [2.45, 2.75) is 26.1 Å². The Kier molecular flexibility index (Phi) is 3.83. The van der Waals surface area contributed by atoms with Gasteiger partial charge in [-0.25, -0.2) is 4.98 Å². The molecule has 3 nitrogen and oxygen atoms in total. The predicted molar refractivity (Wildman–Crippen MR) is 90.9 cm³/mol. The third-order valence-electron chi connectivity index (χ3n) is 3.85. The van der Waals surface area contributed by atoms with E-state index >= 15 is 0 Å². The van der Waals surface area contributed by atoms with Gasteiger partial charge in [-0.05, 0) is 56.2 Å². The minimum atomic E-state index is -0.130. The van der Waals surface area contributed by atoms with Crippen LogP contribution >= 0.6 is 11.6 Å². The first-order valence-corrected chi connectivity index (χ1v) is 7.72. The molecule has 2 heterocycles. The molecule has 0 saturated heterocycles. The lowest BCUT2D eigenvalue weighted by Crippen LogP contribution is -1.96. The summed E-state index contributed by atoms with van der Waals surface area (Å²) < 4.78 is 7.42. The Hall–Kier alpha value is -2.00. The monoisotopic (exact) mass is 314 g/mol. The van der Waals surface area contributed by atoms with Crippen molar-refractivity contribution in [1.29, 1.82) is 0 Å². The Morgan fingerprint density at radius 2 is 1.95 bits per heavy atom. The van der Waals surface area contributed by atoms with Crippen LogP contribution in [0.2, 0.25) is 0 Å². The van der Waals surface area contributed by atoms with Gasteiger partial charge in [0.2, 0.25) is 0 Å². The highest BCUT2D eigenvalue weighted by Gasteiger charge is 2.18. The number of methoxy groups -OCH3 is 1. The Bertz CT molecular complexity index is 836. The fourth-order valence-corrected chi connectivity index (χ4v) is 3.00. The van der Waals surface area contributed by atoms with Crippen LogP contribution < -0.4 is 4.74 Å². The second-order valence-corrected chi connectivity index (χ2v) is 6.24. The van der Waals surface area contributed by atoms with Crippen molar-refractivity contribution >= 4 is 17.2 Å². The highest BCUT2D eigenvalue weighted by Crippen LogP contribution is 2.34. The van der Waals surface area contributed by atoms with Gasteiger partial charge < -0.3 is 9.14 Å². The zero-order valence-corrected chi connectivity index (χ0v) is 14.0. The van der Waals surface area contributed by atoms with Gasteiger partial charge >= 0.3 is 0 Å². The lowest BCUT2D eigenvalue weighted by Gasteiger charge is -2.10. The first-order valence-electron chi connectivity index (χ1n) is 7.29. The van der Waals surface area contributed by atoms with E-state index in [1.807, 2.05) is 32.0 Å². The summed E-state index contributed by atoms with van der Waals surface area (Å²) in [6.07, 6.45) is 2.08. The predicted octanol–water partition coefficient (Wildman–Crippen LogP) is 4.93. The Morgan fingerprint density at radius 1 is 1.18 bits per heavy atom. The summed E-state index contributed by atoms with van der Waals surface area (Å²) in [7, 11) is 1.68. The molecule has 0 aliphatic rings. The van der Waals surface area contributed by atoms with Crippen molar-refractivity contribution in [1.82, 2.24) is 9.38 Å². The third kappa shape index (κ3) is 2.46. The fourth-order valence-electron chi connectivity index (χ4n) is 2.79. The van der Waals surface area contributed by atoms with Gasteiger partial charge in [0.05, 0.1) is 23.9 Å². The molecule has 0 aliphatic heterocycles. The zero-order valence-electron chi connectivity index (χ0n) is 13.2. The summed E-state index contributed by atoms with van der Waals surface area (Å²) >= 11 is 6.44. The van der Waals surface area contributed by atoms with Crippen molar-refractivity contribution < 1.29 is 4.74 Å². The molecule has 4 heteroatoms. The largest absolute Gasteiger partial charge is 0.496 e. The number of nitrogens with zero attached hydrogens (tertiary/aromatic N) is 2. The molecule has 3 rings (SSSR count). The summed E-state index contributed by atoms with van der Waals surface area (Å²) in [5.41, 5.74) is 6.19. The summed E-state index contributed by atoms with van der Waals surface area (Å²) in [6.45, 7) is 6.08. The van der Waals surface area contributed by atoms with Gasteiger partial charge in [0, 0.05) is 11.8 Å². The van der Waals surface area contributed by atoms with Gasteiger partial charge in [-0.2, -0.15) is 0 Å². The summed E-state index contributed by atoms with van der Waals surface area (Å²) in [5, 5.41) is -0.130. The molecule has 1 aromatic carbocycles. The van der Waals surface area contributed by atoms with Crippen molar-refractivity contribution in [3.8, 4) is 17.0 Å². The van der Waals surface area contributed by atoms with Crippen LogP contribution in [0.3, 0.4) is 0 Å². The number of pyridine rings is 1. The first-order chi connectivity index (χ1) is 10.5. The van der Waals surface area contributed by atoms with Gasteiger partial charge in [-0.15, -0.1) is 11.6 Å². The van der Waals surface area contributed by atoms with Gasteiger partial charge in [0.15, 0.2) is 0 Å². The highest BCUT2D eigenvalue weighted by molar-refractivity contribution is 6.20.